The van der Waals surface area contributed by atoms with Crippen molar-refractivity contribution in [1.82, 2.24) is 0 Å². The highest BCUT2D eigenvalue weighted by molar-refractivity contribution is 9.10. The highest BCUT2D eigenvalue weighted by atomic mass is 79.9. The molecule has 2 aromatic carbocycles. The zero-order valence-electron chi connectivity index (χ0n) is 13.3. The Morgan fingerprint density at radius 3 is 2.46 bits per heavy atom. The molecule has 1 unspecified atom stereocenters. The smallest absolute Gasteiger partial charge is 0.171 e. The number of rotatable bonds is 6. The Bertz CT molecular complexity index is 760. The molecule has 0 heterocycles. The Morgan fingerprint density at radius 2 is 1.88 bits per heavy atom. The molecule has 2 aromatic rings. The number of halogens is 3. The van der Waals surface area contributed by atoms with Gasteiger partial charge in [0.25, 0.3) is 0 Å². The Kier molecular flexibility index (Phi) is 6.84. The molecule has 2 rings (SSSR count). The average molecular weight is 428 g/mol. The second kappa shape index (κ2) is 8.65. The first kappa shape index (κ1) is 19.0. The summed E-state index contributed by atoms with van der Waals surface area (Å²) < 4.78 is 0.941. The number of nitrogens with one attached hydrogen (secondary N) is 1. The molecule has 0 bridgehead atoms. The van der Waals surface area contributed by atoms with E-state index in [0.29, 0.717) is 33.4 Å². The van der Waals surface area contributed by atoms with E-state index in [0.717, 1.165) is 4.47 Å². The molecule has 0 spiro atoms. The van der Waals surface area contributed by atoms with E-state index in [9.17, 15) is 4.79 Å². The topological polar surface area (TPSA) is 41.5 Å². The van der Waals surface area contributed by atoms with Gasteiger partial charge >= 0.3 is 0 Å². The van der Waals surface area contributed by atoms with Crippen LogP contribution in [0.4, 0.5) is 5.69 Å². The van der Waals surface area contributed by atoms with Gasteiger partial charge in [-0.25, -0.2) is 0 Å². The van der Waals surface area contributed by atoms with E-state index >= 15 is 0 Å². The Labute approximate surface area is 160 Å². The summed E-state index contributed by atoms with van der Waals surface area (Å²) in [6, 6.07) is 12.5. The van der Waals surface area contributed by atoms with Gasteiger partial charge in [-0.15, -0.1) is 0 Å². The molecule has 126 valence electrons. The lowest BCUT2D eigenvalue weighted by molar-refractivity contribution is 0.0952. The summed E-state index contributed by atoms with van der Waals surface area (Å²) in [5.41, 5.74) is 4.93. The summed E-state index contributed by atoms with van der Waals surface area (Å²) in [4.78, 5) is 12.7. The Hall–Kier alpha value is -1.36. The fourth-order valence-corrected chi connectivity index (χ4v) is 3.01. The predicted octanol–water partition coefficient (Wildman–Crippen LogP) is 6.45. The van der Waals surface area contributed by atoms with Crippen LogP contribution in [0.2, 0.25) is 10.0 Å². The van der Waals surface area contributed by atoms with E-state index in [1.807, 2.05) is 38.1 Å². The average Bonchev–Trinajstić information content (AvgIpc) is 2.55. The molecular formula is C18H17BrCl2N2O. The number of hydrazone groups is 1. The van der Waals surface area contributed by atoms with Gasteiger partial charge in [0.05, 0.1) is 16.6 Å². The Balaban J connectivity index is 2.16. The second-order valence-corrected chi connectivity index (χ2v) is 7.08. The van der Waals surface area contributed by atoms with Crippen LogP contribution >= 0.6 is 39.1 Å². The fraction of sp³-hybridized carbons (Fsp3) is 0.222. The molecule has 0 aliphatic carbocycles. The number of nitrogens with zero attached hydrogens (tertiary/aromatic N) is 1. The number of hydrogen-bond acceptors (Lipinski definition) is 3. The van der Waals surface area contributed by atoms with E-state index in [-0.39, 0.29) is 11.7 Å². The monoisotopic (exact) mass is 426 g/mol. The summed E-state index contributed by atoms with van der Waals surface area (Å²) in [6.07, 6.45) is 0.667. The molecule has 0 saturated carbocycles. The van der Waals surface area contributed by atoms with Gasteiger partial charge < -0.3 is 0 Å². The number of ketones is 1. The molecule has 0 amide bonds. The molecule has 0 aromatic heterocycles. The number of carbonyl (C=O) groups excluding carboxylic acids is 1. The normalized spacial score (nSPS) is 12.8. The minimum absolute atomic E-state index is 0.0512. The highest BCUT2D eigenvalue weighted by Gasteiger charge is 2.21. The maximum atomic E-state index is 12.7. The maximum absolute atomic E-state index is 12.7. The van der Waals surface area contributed by atoms with Crippen LogP contribution in [-0.4, -0.2) is 11.5 Å². The first-order chi connectivity index (χ1) is 11.4. The van der Waals surface area contributed by atoms with Crippen LogP contribution in [0.15, 0.2) is 52.0 Å². The van der Waals surface area contributed by atoms with Gasteiger partial charge in [-0.3, -0.25) is 10.2 Å². The highest BCUT2D eigenvalue weighted by Crippen LogP contribution is 2.25. The van der Waals surface area contributed by atoms with Crippen LogP contribution in [0.25, 0.3) is 0 Å². The van der Waals surface area contributed by atoms with Crippen molar-refractivity contribution in [3.8, 4) is 0 Å². The summed E-state index contributed by atoms with van der Waals surface area (Å²) in [7, 11) is 0. The van der Waals surface area contributed by atoms with E-state index < -0.39 is 0 Å². The second-order valence-electron chi connectivity index (χ2n) is 5.32. The number of carbonyl (C=O) groups is 1. The molecule has 1 atom stereocenters. The molecule has 0 aliphatic rings. The van der Waals surface area contributed by atoms with Gasteiger partial charge in [-0.1, -0.05) is 58.2 Å². The fourth-order valence-electron chi connectivity index (χ4n) is 2.29. The first-order valence-electron chi connectivity index (χ1n) is 7.47. The minimum Gasteiger partial charge on any atom is -0.293 e. The molecule has 0 radical (unpaired) electrons. The zero-order valence-corrected chi connectivity index (χ0v) is 16.4. The number of Topliss-reactive ketones (excluding diaryl/α,β-unsaturated/α-hetero) is 1. The SMILES string of the molecule is CCC(C(=O)c1ccc(Br)cc1)/C(C)=N/Nc1ccc(Cl)cc1Cl. The van der Waals surface area contributed by atoms with Crippen molar-refractivity contribution >= 4 is 56.3 Å². The van der Waals surface area contributed by atoms with Crippen LogP contribution in [0, 0.1) is 5.92 Å². The molecular weight excluding hydrogens is 411 g/mol. The van der Waals surface area contributed by atoms with Crippen LogP contribution < -0.4 is 5.43 Å². The van der Waals surface area contributed by atoms with Crippen molar-refractivity contribution in [2.45, 2.75) is 20.3 Å². The van der Waals surface area contributed by atoms with Crippen molar-refractivity contribution in [2.75, 3.05) is 5.43 Å². The molecule has 1 N–H and O–H groups in total. The standard InChI is InChI=1S/C18H17BrCl2N2O/c1-3-15(18(24)12-4-6-13(19)7-5-12)11(2)22-23-17-9-8-14(20)10-16(17)21/h4-10,15,23H,3H2,1-2H3/b22-11+. The minimum atomic E-state index is -0.287. The summed E-state index contributed by atoms with van der Waals surface area (Å²) in [6.45, 7) is 3.80. The van der Waals surface area contributed by atoms with E-state index in [2.05, 4.69) is 26.5 Å². The lowest BCUT2D eigenvalue weighted by atomic mass is 9.91. The van der Waals surface area contributed by atoms with Gasteiger partial charge in [0, 0.05) is 20.8 Å². The van der Waals surface area contributed by atoms with Crippen molar-refractivity contribution in [3.63, 3.8) is 0 Å². The van der Waals surface area contributed by atoms with Crippen LogP contribution in [-0.2, 0) is 0 Å². The van der Waals surface area contributed by atoms with E-state index in [1.165, 1.54) is 0 Å². The van der Waals surface area contributed by atoms with Gasteiger partial charge in [-0.2, -0.15) is 5.10 Å². The molecule has 0 fully saturated rings. The molecule has 6 heteroatoms. The number of hydrogen-bond donors (Lipinski definition) is 1. The third kappa shape index (κ3) is 4.82. The molecule has 24 heavy (non-hydrogen) atoms. The summed E-state index contributed by atoms with van der Waals surface area (Å²) in [5.74, 6) is -0.236. The lowest BCUT2D eigenvalue weighted by Crippen LogP contribution is -2.22. The van der Waals surface area contributed by atoms with Gasteiger partial charge in [-0.05, 0) is 43.7 Å². The van der Waals surface area contributed by atoms with Crippen LogP contribution in [0.3, 0.4) is 0 Å². The van der Waals surface area contributed by atoms with E-state index in [4.69, 9.17) is 23.2 Å². The van der Waals surface area contributed by atoms with Gasteiger partial charge in [0.15, 0.2) is 5.78 Å². The van der Waals surface area contributed by atoms with Crippen molar-refractivity contribution in [2.24, 2.45) is 11.0 Å². The van der Waals surface area contributed by atoms with Crippen LogP contribution in [0.5, 0.6) is 0 Å². The van der Waals surface area contributed by atoms with Crippen LogP contribution in [0.1, 0.15) is 30.6 Å². The quantitative estimate of drug-likeness (QED) is 0.326. The van der Waals surface area contributed by atoms with E-state index in [1.54, 1.807) is 18.2 Å². The molecule has 0 saturated heterocycles. The van der Waals surface area contributed by atoms with Crippen molar-refractivity contribution < 1.29 is 4.79 Å². The third-order valence-corrected chi connectivity index (χ3v) is 4.72. The Morgan fingerprint density at radius 1 is 1.21 bits per heavy atom. The van der Waals surface area contributed by atoms with Gasteiger partial charge in [0.1, 0.15) is 0 Å². The predicted molar refractivity (Wildman–Crippen MR) is 105 cm³/mol. The summed E-state index contributed by atoms with van der Waals surface area (Å²) >= 11 is 15.4. The number of anilines is 1. The summed E-state index contributed by atoms with van der Waals surface area (Å²) in [5, 5.41) is 5.37. The van der Waals surface area contributed by atoms with Crippen molar-refractivity contribution in [1.29, 1.82) is 0 Å². The lowest BCUT2D eigenvalue weighted by Gasteiger charge is -2.14. The van der Waals surface area contributed by atoms with Crippen molar-refractivity contribution in [3.05, 3.63) is 62.5 Å². The third-order valence-electron chi connectivity index (χ3n) is 3.64. The first-order valence-corrected chi connectivity index (χ1v) is 9.02. The molecule has 0 aliphatic heterocycles. The largest absolute Gasteiger partial charge is 0.293 e. The zero-order chi connectivity index (χ0) is 17.7. The maximum Gasteiger partial charge on any atom is 0.171 e. The number of benzene rings is 2. The van der Waals surface area contributed by atoms with Gasteiger partial charge in [0.2, 0.25) is 0 Å². The molecule has 3 nitrogen and oxygen atoms in total.